The molecule has 0 saturated heterocycles. The number of nitrogens with two attached hydrogens (primary N) is 1. The van der Waals surface area contributed by atoms with Crippen molar-refractivity contribution >= 4 is 33.0 Å². The second kappa shape index (κ2) is 4.74. The molecule has 0 fully saturated rings. The van der Waals surface area contributed by atoms with Crippen LogP contribution in [0.25, 0.3) is 10.1 Å². The first-order chi connectivity index (χ1) is 7.63. The quantitative estimate of drug-likeness (QED) is 0.871. The van der Waals surface area contributed by atoms with Crippen LogP contribution in [0.4, 0.5) is 0 Å². The average Bonchev–Trinajstić information content (AvgIpc) is 2.58. The molecule has 86 valence electrons. The van der Waals surface area contributed by atoms with Crippen molar-refractivity contribution in [3.05, 3.63) is 33.7 Å². The van der Waals surface area contributed by atoms with E-state index in [-0.39, 0.29) is 0 Å². The van der Waals surface area contributed by atoms with Gasteiger partial charge in [-0.3, -0.25) is 0 Å². The molecule has 0 unspecified atom stereocenters. The summed E-state index contributed by atoms with van der Waals surface area (Å²) in [5, 5.41) is 2.12. The maximum Gasteiger partial charge on any atom is 0.0584 e. The van der Waals surface area contributed by atoms with Gasteiger partial charge in [0.2, 0.25) is 0 Å². The van der Waals surface area contributed by atoms with Gasteiger partial charge in [-0.2, -0.15) is 0 Å². The molecule has 0 saturated carbocycles. The molecule has 0 atom stereocenters. The van der Waals surface area contributed by atoms with Crippen LogP contribution < -0.4 is 5.73 Å². The zero-order chi connectivity index (χ0) is 11.7. The smallest absolute Gasteiger partial charge is 0.0584 e. The Kier molecular flexibility index (Phi) is 3.53. The Morgan fingerprint density at radius 3 is 2.75 bits per heavy atom. The molecule has 0 bridgehead atoms. The summed E-state index contributed by atoms with van der Waals surface area (Å²) in [7, 11) is 0. The highest BCUT2D eigenvalue weighted by Gasteiger charge is 2.13. The van der Waals surface area contributed by atoms with Crippen molar-refractivity contribution in [2.45, 2.75) is 26.8 Å². The number of rotatable bonds is 3. The molecular weight excluding hydrogens is 238 g/mol. The molecule has 2 N–H and O–H groups in total. The van der Waals surface area contributed by atoms with Crippen LogP contribution in [-0.4, -0.2) is 0 Å². The van der Waals surface area contributed by atoms with Gasteiger partial charge in [-0.05, 0) is 29.4 Å². The van der Waals surface area contributed by atoms with E-state index in [1.807, 2.05) is 12.1 Å². The standard InChI is InChI=1S/C13H16ClNS/c1-8(2)6-10-9-4-3-5-11(14)13(9)16-12(10)7-15/h3-5,8H,6-7,15H2,1-2H3. The monoisotopic (exact) mass is 253 g/mol. The van der Waals surface area contributed by atoms with Crippen LogP contribution in [0.3, 0.4) is 0 Å². The van der Waals surface area contributed by atoms with Crippen LogP contribution in [-0.2, 0) is 13.0 Å². The summed E-state index contributed by atoms with van der Waals surface area (Å²) >= 11 is 7.94. The minimum atomic E-state index is 0.609. The Bertz CT molecular complexity index is 502. The van der Waals surface area contributed by atoms with E-state index in [0.29, 0.717) is 12.5 Å². The molecule has 0 aliphatic rings. The Balaban J connectivity index is 2.64. The fourth-order valence-corrected chi connectivity index (χ4v) is 3.39. The Labute approximate surface area is 105 Å². The van der Waals surface area contributed by atoms with E-state index in [0.717, 1.165) is 11.4 Å². The summed E-state index contributed by atoms with van der Waals surface area (Å²) < 4.78 is 1.18. The van der Waals surface area contributed by atoms with Crippen LogP contribution in [0.15, 0.2) is 18.2 Å². The molecule has 0 aliphatic heterocycles. The molecule has 2 rings (SSSR count). The van der Waals surface area contributed by atoms with Gasteiger partial charge in [0.1, 0.15) is 0 Å². The molecule has 0 amide bonds. The lowest BCUT2D eigenvalue weighted by Gasteiger charge is -2.06. The molecular formula is C13H16ClNS. The SMILES string of the molecule is CC(C)Cc1c(CN)sc2c(Cl)cccc12. The predicted octanol–water partition coefficient (Wildman–Crippen LogP) is 4.21. The van der Waals surface area contributed by atoms with E-state index in [2.05, 4.69) is 19.9 Å². The topological polar surface area (TPSA) is 26.0 Å². The zero-order valence-electron chi connectivity index (χ0n) is 9.59. The first-order valence-electron chi connectivity index (χ1n) is 5.52. The third-order valence-corrected chi connectivity index (χ3v) is 4.38. The van der Waals surface area contributed by atoms with Crippen LogP contribution in [0.2, 0.25) is 5.02 Å². The van der Waals surface area contributed by atoms with E-state index >= 15 is 0 Å². The zero-order valence-corrected chi connectivity index (χ0v) is 11.2. The van der Waals surface area contributed by atoms with Crippen LogP contribution >= 0.6 is 22.9 Å². The van der Waals surface area contributed by atoms with Gasteiger partial charge in [-0.15, -0.1) is 11.3 Å². The van der Waals surface area contributed by atoms with E-state index in [1.54, 1.807) is 11.3 Å². The third kappa shape index (κ3) is 2.10. The molecule has 2 aromatic rings. The molecule has 0 spiro atoms. The van der Waals surface area contributed by atoms with Crippen molar-refractivity contribution in [3.8, 4) is 0 Å². The fraction of sp³-hybridized carbons (Fsp3) is 0.385. The third-order valence-electron chi connectivity index (χ3n) is 2.65. The normalized spacial score (nSPS) is 11.6. The lowest BCUT2D eigenvalue weighted by Crippen LogP contribution is -2.00. The Hall–Kier alpha value is -0.570. The lowest BCUT2D eigenvalue weighted by molar-refractivity contribution is 0.647. The van der Waals surface area contributed by atoms with Gasteiger partial charge in [-0.25, -0.2) is 0 Å². The lowest BCUT2D eigenvalue weighted by atomic mass is 10.00. The second-order valence-electron chi connectivity index (χ2n) is 4.42. The number of hydrogen-bond acceptors (Lipinski definition) is 2. The number of fused-ring (bicyclic) bond motifs is 1. The highest BCUT2D eigenvalue weighted by molar-refractivity contribution is 7.20. The summed E-state index contributed by atoms with van der Waals surface area (Å²) in [5.41, 5.74) is 7.20. The highest BCUT2D eigenvalue weighted by atomic mass is 35.5. The van der Waals surface area contributed by atoms with Gasteiger partial charge in [0, 0.05) is 11.4 Å². The number of benzene rings is 1. The van der Waals surface area contributed by atoms with Gasteiger partial charge in [0.25, 0.3) is 0 Å². The molecule has 16 heavy (non-hydrogen) atoms. The predicted molar refractivity (Wildman–Crippen MR) is 73.3 cm³/mol. The molecule has 1 heterocycles. The summed E-state index contributed by atoms with van der Waals surface area (Å²) in [5.74, 6) is 0.641. The van der Waals surface area contributed by atoms with Crippen LogP contribution in [0, 0.1) is 5.92 Å². The minimum absolute atomic E-state index is 0.609. The number of halogens is 1. The first-order valence-corrected chi connectivity index (χ1v) is 6.71. The van der Waals surface area contributed by atoms with Gasteiger partial charge in [0.05, 0.1) is 9.72 Å². The molecule has 0 radical (unpaired) electrons. The van der Waals surface area contributed by atoms with E-state index < -0.39 is 0 Å². The molecule has 1 aromatic heterocycles. The number of hydrogen-bond donors (Lipinski definition) is 1. The van der Waals surface area contributed by atoms with Crippen molar-refractivity contribution in [2.75, 3.05) is 0 Å². The largest absolute Gasteiger partial charge is 0.326 e. The summed E-state index contributed by atoms with van der Waals surface area (Å²) in [4.78, 5) is 1.27. The Morgan fingerprint density at radius 1 is 1.38 bits per heavy atom. The number of thiophene rings is 1. The highest BCUT2D eigenvalue weighted by Crippen LogP contribution is 2.36. The minimum Gasteiger partial charge on any atom is -0.326 e. The van der Waals surface area contributed by atoms with Gasteiger partial charge >= 0.3 is 0 Å². The van der Waals surface area contributed by atoms with Gasteiger partial charge in [0.15, 0.2) is 0 Å². The first kappa shape index (κ1) is 11.9. The molecule has 1 nitrogen and oxygen atoms in total. The van der Waals surface area contributed by atoms with E-state index in [9.17, 15) is 0 Å². The second-order valence-corrected chi connectivity index (χ2v) is 5.93. The summed E-state index contributed by atoms with van der Waals surface area (Å²) in [6.45, 7) is 5.07. The van der Waals surface area contributed by atoms with E-state index in [1.165, 1.54) is 20.5 Å². The average molecular weight is 254 g/mol. The van der Waals surface area contributed by atoms with Crippen molar-refractivity contribution in [3.63, 3.8) is 0 Å². The van der Waals surface area contributed by atoms with Crippen molar-refractivity contribution in [1.82, 2.24) is 0 Å². The maximum absolute atomic E-state index is 6.21. The van der Waals surface area contributed by atoms with Crippen molar-refractivity contribution in [2.24, 2.45) is 11.7 Å². The van der Waals surface area contributed by atoms with E-state index in [4.69, 9.17) is 17.3 Å². The molecule has 1 aromatic carbocycles. The maximum atomic E-state index is 6.21. The molecule has 3 heteroatoms. The Morgan fingerprint density at radius 2 is 2.12 bits per heavy atom. The van der Waals surface area contributed by atoms with Crippen LogP contribution in [0.1, 0.15) is 24.3 Å². The van der Waals surface area contributed by atoms with Crippen LogP contribution in [0.5, 0.6) is 0 Å². The van der Waals surface area contributed by atoms with Crippen molar-refractivity contribution in [1.29, 1.82) is 0 Å². The van der Waals surface area contributed by atoms with Crippen molar-refractivity contribution < 1.29 is 0 Å². The molecule has 0 aliphatic carbocycles. The van der Waals surface area contributed by atoms with Gasteiger partial charge < -0.3 is 5.73 Å². The fourth-order valence-electron chi connectivity index (χ4n) is 1.98. The summed E-state index contributed by atoms with van der Waals surface area (Å²) in [6.07, 6.45) is 1.08. The van der Waals surface area contributed by atoms with Gasteiger partial charge in [-0.1, -0.05) is 37.6 Å². The summed E-state index contributed by atoms with van der Waals surface area (Å²) in [6, 6.07) is 6.11.